The van der Waals surface area contributed by atoms with Gasteiger partial charge in [-0.1, -0.05) is 0 Å². The average molecular weight is 254 g/mol. The summed E-state index contributed by atoms with van der Waals surface area (Å²) < 4.78 is 9.51. The van der Waals surface area contributed by atoms with Crippen molar-refractivity contribution < 1.29 is 19.2 Å². The molecule has 0 aliphatic heterocycles. The van der Waals surface area contributed by atoms with E-state index in [4.69, 9.17) is 4.74 Å². The van der Waals surface area contributed by atoms with Crippen molar-refractivity contribution in [2.45, 2.75) is 13.0 Å². The van der Waals surface area contributed by atoms with E-state index in [-0.39, 0.29) is 5.69 Å². The van der Waals surface area contributed by atoms with E-state index in [0.717, 1.165) is 0 Å². The van der Waals surface area contributed by atoms with E-state index in [2.05, 4.69) is 10.1 Å². The van der Waals surface area contributed by atoms with Gasteiger partial charge >= 0.3 is 5.97 Å². The summed E-state index contributed by atoms with van der Waals surface area (Å²) in [5.74, 6) is -0.121. The molecule has 0 aliphatic carbocycles. The minimum Gasteiger partial charge on any atom is -0.496 e. The Balaban J connectivity index is 2.98. The number of nitrogens with zero attached hydrogens (tertiary/aromatic N) is 1. The molecule has 0 amide bonds. The minimum absolute atomic E-state index is 0.117. The van der Waals surface area contributed by atoms with Gasteiger partial charge in [-0.25, -0.2) is 4.79 Å². The molecule has 0 radical (unpaired) electrons. The highest BCUT2D eigenvalue weighted by molar-refractivity contribution is 5.79. The molecule has 0 saturated heterocycles. The van der Waals surface area contributed by atoms with Gasteiger partial charge in [0, 0.05) is 17.8 Å². The van der Waals surface area contributed by atoms with E-state index in [1.807, 2.05) is 0 Å². The van der Waals surface area contributed by atoms with Crippen molar-refractivity contribution in [2.24, 2.45) is 0 Å². The van der Waals surface area contributed by atoms with Crippen molar-refractivity contribution in [3.05, 3.63) is 28.3 Å². The van der Waals surface area contributed by atoms with E-state index in [1.165, 1.54) is 26.4 Å². The average Bonchev–Trinajstić information content (AvgIpc) is 2.36. The number of ether oxygens (including phenoxy) is 2. The summed E-state index contributed by atoms with van der Waals surface area (Å²) in [6, 6.07) is 3.57. The summed E-state index contributed by atoms with van der Waals surface area (Å²) in [6.07, 6.45) is 0. The Morgan fingerprint density at radius 3 is 2.56 bits per heavy atom. The van der Waals surface area contributed by atoms with Crippen LogP contribution in [0, 0.1) is 10.1 Å². The van der Waals surface area contributed by atoms with Gasteiger partial charge in [-0.2, -0.15) is 0 Å². The first kappa shape index (κ1) is 13.8. The van der Waals surface area contributed by atoms with Gasteiger partial charge < -0.3 is 14.8 Å². The van der Waals surface area contributed by atoms with Gasteiger partial charge in [0.15, 0.2) is 0 Å². The topological polar surface area (TPSA) is 90.7 Å². The zero-order valence-corrected chi connectivity index (χ0v) is 10.3. The Morgan fingerprint density at radius 2 is 2.06 bits per heavy atom. The van der Waals surface area contributed by atoms with Crippen molar-refractivity contribution in [1.82, 2.24) is 0 Å². The monoisotopic (exact) mass is 254 g/mol. The van der Waals surface area contributed by atoms with E-state index in [0.29, 0.717) is 11.4 Å². The minimum atomic E-state index is -0.610. The van der Waals surface area contributed by atoms with Crippen LogP contribution in [0.4, 0.5) is 11.4 Å². The number of hydrogen-bond acceptors (Lipinski definition) is 6. The van der Waals surface area contributed by atoms with E-state index < -0.39 is 16.9 Å². The molecule has 0 saturated carbocycles. The van der Waals surface area contributed by atoms with Crippen LogP contribution in [0.5, 0.6) is 5.75 Å². The third kappa shape index (κ3) is 3.34. The van der Waals surface area contributed by atoms with E-state index in [1.54, 1.807) is 13.0 Å². The fourth-order valence-electron chi connectivity index (χ4n) is 1.38. The van der Waals surface area contributed by atoms with Crippen LogP contribution in [-0.2, 0) is 9.53 Å². The van der Waals surface area contributed by atoms with Crippen molar-refractivity contribution in [3.8, 4) is 5.75 Å². The van der Waals surface area contributed by atoms with Crippen molar-refractivity contribution >= 4 is 17.3 Å². The van der Waals surface area contributed by atoms with Gasteiger partial charge in [0.25, 0.3) is 5.69 Å². The Bertz CT molecular complexity index is 461. The molecule has 1 rings (SSSR count). The third-order valence-corrected chi connectivity index (χ3v) is 2.28. The zero-order chi connectivity index (χ0) is 13.7. The highest BCUT2D eigenvalue weighted by Gasteiger charge is 2.15. The van der Waals surface area contributed by atoms with Gasteiger partial charge in [-0.3, -0.25) is 10.1 Å². The second kappa shape index (κ2) is 5.85. The van der Waals surface area contributed by atoms with Crippen LogP contribution in [0.3, 0.4) is 0 Å². The van der Waals surface area contributed by atoms with Crippen LogP contribution < -0.4 is 10.1 Å². The molecule has 7 heteroatoms. The smallest absolute Gasteiger partial charge is 0.327 e. The first-order chi connectivity index (χ1) is 8.47. The first-order valence-electron chi connectivity index (χ1n) is 5.15. The lowest BCUT2D eigenvalue weighted by molar-refractivity contribution is -0.384. The lowest BCUT2D eigenvalue weighted by Crippen LogP contribution is -2.27. The van der Waals surface area contributed by atoms with Gasteiger partial charge in [0.05, 0.1) is 25.2 Å². The highest BCUT2D eigenvalue weighted by atomic mass is 16.6. The van der Waals surface area contributed by atoms with Crippen LogP contribution >= 0.6 is 0 Å². The maximum absolute atomic E-state index is 11.2. The largest absolute Gasteiger partial charge is 0.496 e. The molecule has 1 atom stereocenters. The molecule has 18 heavy (non-hydrogen) atoms. The Hall–Kier alpha value is -2.31. The Kier molecular flexibility index (Phi) is 4.47. The standard InChI is InChI=1S/C11H14N2O5/c1-7(11(14)18-3)12-8-4-9(13(15)16)6-10(5-8)17-2/h4-7,12H,1-3H3. The number of non-ortho nitro benzene ring substituents is 1. The quantitative estimate of drug-likeness (QED) is 0.487. The number of nitro benzene ring substituents is 1. The fourth-order valence-corrected chi connectivity index (χ4v) is 1.38. The molecule has 7 nitrogen and oxygen atoms in total. The zero-order valence-electron chi connectivity index (χ0n) is 10.3. The van der Waals surface area contributed by atoms with Gasteiger partial charge in [-0.05, 0) is 6.92 Å². The van der Waals surface area contributed by atoms with Gasteiger partial charge in [-0.15, -0.1) is 0 Å². The molecule has 1 N–H and O–H groups in total. The highest BCUT2D eigenvalue weighted by Crippen LogP contribution is 2.26. The number of hydrogen-bond donors (Lipinski definition) is 1. The molecular weight excluding hydrogens is 240 g/mol. The van der Waals surface area contributed by atoms with Crippen LogP contribution in [-0.4, -0.2) is 31.2 Å². The number of anilines is 1. The lowest BCUT2D eigenvalue weighted by Gasteiger charge is -2.13. The maximum atomic E-state index is 11.2. The number of esters is 1. The third-order valence-electron chi connectivity index (χ3n) is 2.28. The van der Waals surface area contributed by atoms with Crippen LogP contribution in [0.25, 0.3) is 0 Å². The van der Waals surface area contributed by atoms with Gasteiger partial charge in [0.1, 0.15) is 11.8 Å². The number of carbonyl (C=O) groups is 1. The lowest BCUT2D eigenvalue weighted by atomic mass is 10.2. The number of carbonyl (C=O) groups excluding carboxylic acids is 1. The predicted molar refractivity (Wildman–Crippen MR) is 64.7 cm³/mol. The molecular formula is C11H14N2O5. The van der Waals surface area contributed by atoms with Crippen LogP contribution in [0.15, 0.2) is 18.2 Å². The normalized spacial score (nSPS) is 11.5. The summed E-state index contributed by atoms with van der Waals surface area (Å²) >= 11 is 0. The first-order valence-corrected chi connectivity index (χ1v) is 5.15. The number of methoxy groups -OCH3 is 2. The number of benzene rings is 1. The van der Waals surface area contributed by atoms with Crippen molar-refractivity contribution in [3.63, 3.8) is 0 Å². The number of rotatable bonds is 5. The molecule has 98 valence electrons. The molecule has 0 aromatic heterocycles. The van der Waals surface area contributed by atoms with Crippen molar-refractivity contribution in [2.75, 3.05) is 19.5 Å². The molecule has 1 aromatic carbocycles. The second-order valence-electron chi connectivity index (χ2n) is 3.57. The van der Waals surface area contributed by atoms with Crippen molar-refractivity contribution in [1.29, 1.82) is 0 Å². The molecule has 0 aliphatic rings. The molecule has 0 heterocycles. The van der Waals surface area contributed by atoms with Crippen LogP contribution in [0.1, 0.15) is 6.92 Å². The molecule has 1 aromatic rings. The molecule has 0 bridgehead atoms. The molecule has 0 fully saturated rings. The maximum Gasteiger partial charge on any atom is 0.327 e. The number of nitrogens with one attached hydrogen (secondary N) is 1. The van der Waals surface area contributed by atoms with E-state index >= 15 is 0 Å². The van der Waals surface area contributed by atoms with Gasteiger partial charge in [0.2, 0.25) is 0 Å². The summed E-state index contributed by atoms with van der Waals surface area (Å²) in [5.41, 5.74) is 0.299. The molecule has 1 unspecified atom stereocenters. The number of nitro groups is 1. The Labute approximate surface area is 104 Å². The molecule has 0 spiro atoms. The second-order valence-corrected chi connectivity index (χ2v) is 3.57. The summed E-state index contributed by atoms with van der Waals surface area (Å²) in [4.78, 5) is 21.4. The SMILES string of the molecule is COC(=O)C(C)Nc1cc(OC)cc([N+](=O)[O-])c1. The summed E-state index contributed by atoms with van der Waals surface area (Å²) in [7, 11) is 2.68. The summed E-state index contributed by atoms with van der Waals surface area (Å²) in [5, 5.41) is 13.5. The van der Waals surface area contributed by atoms with Crippen LogP contribution in [0.2, 0.25) is 0 Å². The summed E-state index contributed by atoms with van der Waals surface area (Å²) in [6.45, 7) is 1.59. The van der Waals surface area contributed by atoms with E-state index in [9.17, 15) is 14.9 Å². The predicted octanol–water partition coefficient (Wildman–Crippen LogP) is 1.58. The fraction of sp³-hybridized carbons (Fsp3) is 0.364. The Morgan fingerprint density at radius 1 is 1.39 bits per heavy atom.